The molecule has 1 unspecified atom stereocenters. The first-order valence-corrected chi connectivity index (χ1v) is 8.84. The highest BCUT2D eigenvalue weighted by atomic mass is 16.2. The van der Waals surface area contributed by atoms with Crippen LogP contribution >= 0.6 is 0 Å². The van der Waals surface area contributed by atoms with E-state index in [2.05, 4.69) is 24.1 Å². The maximum Gasteiger partial charge on any atom is 0.219 e. The van der Waals surface area contributed by atoms with Crippen molar-refractivity contribution in [3.8, 4) is 0 Å². The number of nitrogens with zero attached hydrogens (tertiary/aromatic N) is 2. The van der Waals surface area contributed by atoms with Crippen LogP contribution in [0.1, 0.15) is 52.9 Å². The Labute approximate surface area is 130 Å². The summed E-state index contributed by atoms with van der Waals surface area (Å²) in [6.07, 6.45) is 6.16. The van der Waals surface area contributed by atoms with Gasteiger partial charge in [-0.25, -0.2) is 0 Å². The number of hydrogen-bond donors (Lipinski definition) is 1. The van der Waals surface area contributed by atoms with Crippen molar-refractivity contribution in [2.45, 2.75) is 65.0 Å². The van der Waals surface area contributed by atoms with Gasteiger partial charge in [0.25, 0.3) is 0 Å². The van der Waals surface area contributed by atoms with E-state index in [0.717, 1.165) is 31.8 Å². The van der Waals surface area contributed by atoms with Gasteiger partial charge in [-0.2, -0.15) is 0 Å². The van der Waals surface area contributed by atoms with Crippen LogP contribution in [0.5, 0.6) is 0 Å². The second-order valence-corrected chi connectivity index (χ2v) is 6.91. The van der Waals surface area contributed by atoms with E-state index in [9.17, 15) is 4.79 Å². The molecular formula is C17H33N3O. The zero-order valence-electron chi connectivity index (χ0n) is 14.1. The number of carbonyl (C=O) groups is 1. The quantitative estimate of drug-likeness (QED) is 0.844. The molecule has 0 aromatic carbocycles. The maximum atomic E-state index is 11.4. The van der Waals surface area contributed by atoms with Crippen LogP contribution < -0.4 is 5.32 Å². The van der Waals surface area contributed by atoms with Crippen LogP contribution in [0.25, 0.3) is 0 Å². The predicted molar refractivity (Wildman–Crippen MR) is 87.3 cm³/mol. The third-order valence-corrected chi connectivity index (χ3v) is 5.32. The number of piperidine rings is 2. The highest BCUT2D eigenvalue weighted by molar-refractivity contribution is 5.73. The molecule has 0 aromatic heterocycles. The van der Waals surface area contributed by atoms with Crippen LogP contribution in [0, 0.1) is 5.92 Å². The second-order valence-electron chi connectivity index (χ2n) is 6.91. The fourth-order valence-electron chi connectivity index (χ4n) is 3.86. The minimum Gasteiger partial charge on any atom is -0.343 e. The molecule has 0 aliphatic carbocycles. The van der Waals surface area contributed by atoms with Crippen LogP contribution in [-0.4, -0.2) is 60.5 Å². The molecule has 2 aliphatic rings. The molecule has 2 fully saturated rings. The van der Waals surface area contributed by atoms with Gasteiger partial charge in [0.05, 0.1) is 0 Å². The van der Waals surface area contributed by atoms with Gasteiger partial charge in [0.15, 0.2) is 0 Å². The molecule has 0 radical (unpaired) electrons. The maximum absolute atomic E-state index is 11.4. The summed E-state index contributed by atoms with van der Waals surface area (Å²) >= 11 is 0. The Morgan fingerprint density at radius 1 is 1.14 bits per heavy atom. The highest BCUT2D eigenvalue weighted by Crippen LogP contribution is 2.22. The Bertz CT molecular complexity index is 318. The molecule has 0 aromatic rings. The first kappa shape index (κ1) is 16.8. The van der Waals surface area contributed by atoms with Gasteiger partial charge >= 0.3 is 0 Å². The lowest BCUT2D eigenvalue weighted by molar-refractivity contribution is -0.129. The monoisotopic (exact) mass is 295 g/mol. The molecule has 4 heteroatoms. The lowest BCUT2D eigenvalue weighted by Gasteiger charge is -2.38. The lowest BCUT2D eigenvalue weighted by Crippen LogP contribution is -2.50. The van der Waals surface area contributed by atoms with E-state index < -0.39 is 0 Å². The average Bonchev–Trinajstić information content (AvgIpc) is 2.49. The van der Waals surface area contributed by atoms with Gasteiger partial charge in [-0.1, -0.05) is 6.92 Å². The summed E-state index contributed by atoms with van der Waals surface area (Å²) in [5, 5.41) is 3.84. The summed E-state index contributed by atoms with van der Waals surface area (Å²) < 4.78 is 0. The van der Waals surface area contributed by atoms with Crippen LogP contribution in [0.4, 0.5) is 0 Å². The molecule has 2 aliphatic heterocycles. The molecule has 122 valence electrons. The third-order valence-electron chi connectivity index (χ3n) is 5.32. The van der Waals surface area contributed by atoms with Gasteiger partial charge in [-0.05, 0) is 64.6 Å². The minimum atomic E-state index is 0.227. The van der Waals surface area contributed by atoms with Crippen molar-refractivity contribution in [3.05, 3.63) is 0 Å². The molecular weight excluding hydrogens is 262 g/mol. The normalized spacial score (nSPS) is 24.2. The lowest BCUT2D eigenvalue weighted by atomic mass is 9.89. The van der Waals surface area contributed by atoms with Crippen LogP contribution in [-0.2, 0) is 4.79 Å². The van der Waals surface area contributed by atoms with Crippen molar-refractivity contribution >= 4 is 5.91 Å². The third kappa shape index (κ3) is 4.96. The summed E-state index contributed by atoms with van der Waals surface area (Å²) in [6.45, 7) is 12.0. The molecule has 0 spiro atoms. The fourth-order valence-corrected chi connectivity index (χ4v) is 3.86. The molecule has 21 heavy (non-hydrogen) atoms. The smallest absolute Gasteiger partial charge is 0.219 e. The van der Waals surface area contributed by atoms with Crippen LogP contribution in [0.3, 0.4) is 0 Å². The molecule has 2 rings (SSSR count). The van der Waals surface area contributed by atoms with E-state index in [4.69, 9.17) is 0 Å². The van der Waals surface area contributed by atoms with Crippen molar-refractivity contribution in [1.82, 2.24) is 15.1 Å². The number of nitrogens with one attached hydrogen (secondary N) is 1. The highest BCUT2D eigenvalue weighted by Gasteiger charge is 2.27. The molecule has 1 amide bonds. The Hall–Kier alpha value is -0.610. The Balaban J connectivity index is 1.68. The van der Waals surface area contributed by atoms with Crippen molar-refractivity contribution in [3.63, 3.8) is 0 Å². The topological polar surface area (TPSA) is 35.6 Å². The Morgan fingerprint density at radius 3 is 2.29 bits per heavy atom. The first-order chi connectivity index (χ1) is 10.1. The largest absolute Gasteiger partial charge is 0.343 e. The zero-order chi connectivity index (χ0) is 15.2. The molecule has 1 N–H and O–H groups in total. The van der Waals surface area contributed by atoms with Gasteiger partial charge < -0.3 is 15.1 Å². The number of likely N-dealkylation sites (tertiary alicyclic amines) is 2. The van der Waals surface area contributed by atoms with Crippen LogP contribution in [0.15, 0.2) is 0 Å². The van der Waals surface area contributed by atoms with E-state index in [1.54, 1.807) is 6.92 Å². The molecule has 2 saturated heterocycles. The number of rotatable bonds is 5. The minimum absolute atomic E-state index is 0.227. The van der Waals surface area contributed by atoms with Gasteiger partial charge in [0, 0.05) is 32.1 Å². The average molecular weight is 295 g/mol. The van der Waals surface area contributed by atoms with E-state index >= 15 is 0 Å². The second kappa shape index (κ2) is 8.14. The summed E-state index contributed by atoms with van der Waals surface area (Å²) in [7, 11) is 0. The van der Waals surface area contributed by atoms with Crippen molar-refractivity contribution in [2.24, 2.45) is 5.92 Å². The summed E-state index contributed by atoms with van der Waals surface area (Å²) in [4.78, 5) is 15.9. The van der Waals surface area contributed by atoms with E-state index in [0.29, 0.717) is 12.1 Å². The summed E-state index contributed by atoms with van der Waals surface area (Å²) in [5.74, 6) is 1.05. The molecule has 2 heterocycles. The fraction of sp³-hybridized carbons (Fsp3) is 0.941. The van der Waals surface area contributed by atoms with Gasteiger partial charge in [0.2, 0.25) is 5.91 Å². The molecule has 4 nitrogen and oxygen atoms in total. The molecule has 1 atom stereocenters. The standard InChI is InChI=1S/C17H33N3O/c1-4-9-19-10-5-16(6-11-19)14(2)18-17-7-12-20(13-8-17)15(3)21/h14,16-18H,4-13H2,1-3H3. The van der Waals surface area contributed by atoms with Crippen molar-refractivity contribution < 1.29 is 4.79 Å². The first-order valence-electron chi connectivity index (χ1n) is 8.84. The van der Waals surface area contributed by atoms with Crippen molar-refractivity contribution in [1.29, 1.82) is 0 Å². The SMILES string of the molecule is CCCN1CCC(C(C)NC2CCN(C(C)=O)CC2)CC1. The van der Waals surface area contributed by atoms with Crippen molar-refractivity contribution in [2.75, 3.05) is 32.7 Å². The predicted octanol–water partition coefficient (Wildman–Crippen LogP) is 2.10. The Morgan fingerprint density at radius 2 is 1.76 bits per heavy atom. The Kier molecular flexibility index (Phi) is 6.49. The van der Waals surface area contributed by atoms with E-state index in [1.165, 1.54) is 38.9 Å². The number of carbonyl (C=O) groups excluding carboxylic acids is 1. The molecule has 0 bridgehead atoms. The zero-order valence-corrected chi connectivity index (χ0v) is 14.1. The summed E-state index contributed by atoms with van der Waals surface area (Å²) in [6, 6.07) is 1.21. The van der Waals surface area contributed by atoms with Gasteiger partial charge in [0.1, 0.15) is 0 Å². The van der Waals surface area contributed by atoms with E-state index in [1.807, 2.05) is 4.90 Å². The van der Waals surface area contributed by atoms with E-state index in [-0.39, 0.29) is 5.91 Å². The van der Waals surface area contributed by atoms with Gasteiger partial charge in [-0.3, -0.25) is 4.79 Å². The molecule has 0 saturated carbocycles. The van der Waals surface area contributed by atoms with Gasteiger partial charge in [-0.15, -0.1) is 0 Å². The summed E-state index contributed by atoms with van der Waals surface area (Å²) in [5.41, 5.74) is 0. The number of amides is 1. The number of hydrogen-bond acceptors (Lipinski definition) is 3. The van der Waals surface area contributed by atoms with Crippen LogP contribution in [0.2, 0.25) is 0 Å².